The van der Waals surface area contributed by atoms with Crippen LogP contribution in [0.1, 0.15) is 30.1 Å². The largest absolute Gasteiger partial charge is 0.478 e. The Labute approximate surface area is 126 Å². The quantitative estimate of drug-likeness (QED) is 0.892. The van der Waals surface area contributed by atoms with Gasteiger partial charge in [0.25, 0.3) is 0 Å². The first kappa shape index (κ1) is 14.9. The lowest BCUT2D eigenvalue weighted by molar-refractivity contribution is 0.0697. The molecule has 0 aliphatic rings. The van der Waals surface area contributed by atoms with Crippen molar-refractivity contribution < 1.29 is 9.90 Å². The van der Waals surface area contributed by atoms with Gasteiger partial charge in [-0.2, -0.15) is 5.10 Å². The predicted molar refractivity (Wildman–Crippen MR) is 79.6 cm³/mol. The minimum absolute atomic E-state index is 0.130. The molecule has 0 bridgehead atoms. The number of hydrogen-bond acceptors (Lipinski definition) is 2. The van der Waals surface area contributed by atoms with E-state index in [-0.39, 0.29) is 5.56 Å². The van der Waals surface area contributed by atoms with Gasteiger partial charge in [0, 0.05) is 23.3 Å². The Morgan fingerprint density at radius 2 is 2.15 bits per heavy atom. The van der Waals surface area contributed by atoms with Crippen molar-refractivity contribution in [2.24, 2.45) is 0 Å². The van der Waals surface area contributed by atoms with E-state index in [9.17, 15) is 9.90 Å². The van der Waals surface area contributed by atoms with Crippen LogP contribution < -0.4 is 0 Å². The van der Waals surface area contributed by atoms with E-state index in [1.165, 1.54) is 6.20 Å². The second-order valence-electron chi connectivity index (χ2n) is 4.44. The standard InChI is InChI=1S/C14H14Cl2N2O2/c1-2-3-6-18-8-11(14(19)20)13(17-18)10-7-9(15)4-5-12(10)16/h4-5,7-8H,2-3,6H2,1H3,(H,19,20). The molecule has 1 heterocycles. The summed E-state index contributed by atoms with van der Waals surface area (Å²) in [6, 6.07) is 4.92. The third-order valence-corrected chi connectivity index (χ3v) is 3.48. The molecule has 1 aromatic carbocycles. The summed E-state index contributed by atoms with van der Waals surface area (Å²) in [5, 5.41) is 14.5. The molecule has 1 N–H and O–H groups in total. The molecule has 0 fully saturated rings. The summed E-state index contributed by atoms with van der Waals surface area (Å²) >= 11 is 12.1. The maximum atomic E-state index is 11.3. The summed E-state index contributed by atoms with van der Waals surface area (Å²) in [6.07, 6.45) is 3.48. The number of benzene rings is 1. The van der Waals surface area contributed by atoms with Crippen LogP contribution in [0.3, 0.4) is 0 Å². The molecule has 20 heavy (non-hydrogen) atoms. The van der Waals surface area contributed by atoms with E-state index >= 15 is 0 Å². The van der Waals surface area contributed by atoms with Crippen LogP contribution in [-0.2, 0) is 6.54 Å². The smallest absolute Gasteiger partial charge is 0.339 e. The number of aromatic carboxylic acids is 1. The number of halogens is 2. The zero-order chi connectivity index (χ0) is 14.7. The third-order valence-electron chi connectivity index (χ3n) is 2.92. The second-order valence-corrected chi connectivity index (χ2v) is 5.28. The molecule has 1 aromatic heterocycles. The highest BCUT2D eigenvalue weighted by Gasteiger charge is 2.19. The molecule has 106 valence electrons. The van der Waals surface area contributed by atoms with Gasteiger partial charge in [-0.05, 0) is 24.6 Å². The Bertz CT molecular complexity index is 638. The van der Waals surface area contributed by atoms with Crippen LogP contribution in [0, 0.1) is 0 Å². The number of nitrogens with zero attached hydrogens (tertiary/aromatic N) is 2. The van der Waals surface area contributed by atoms with Crippen molar-refractivity contribution in [3.63, 3.8) is 0 Å². The molecule has 0 saturated carbocycles. The molecule has 0 aliphatic heterocycles. The monoisotopic (exact) mass is 312 g/mol. The van der Waals surface area contributed by atoms with Crippen LogP contribution in [0.5, 0.6) is 0 Å². The summed E-state index contributed by atoms with van der Waals surface area (Å²) in [5.41, 5.74) is 1.01. The van der Waals surface area contributed by atoms with E-state index in [1.54, 1.807) is 22.9 Å². The van der Waals surface area contributed by atoms with Crippen molar-refractivity contribution in [1.29, 1.82) is 0 Å². The lowest BCUT2D eigenvalue weighted by Crippen LogP contribution is -1.98. The highest BCUT2D eigenvalue weighted by Crippen LogP contribution is 2.31. The molecular weight excluding hydrogens is 299 g/mol. The van der Waals surface area contributed by atoms with E-state index in [1.807, 2.05) is 0 Å². The van der Waals surface area contributed by atoms with E-state index in [0.29, 0.717) is 27.8 Å². The highest BCUT2D eigenvalue weighted by atomic mass is 35.5. The minimum atomic E-state index is -1.03. The molecular formula is C14H14Cl2N2O2. The Morgan fingerprint density at radius 1 is 1.40 bits per heavy atom. The molecule has 4 nitrogen and oxygen atoms in total. The van der Waals surface area contributed by atoms with Gasteiger partial charge in [-0.3, -0.25) is 4.68 Å². The fraction of sp³-hybridized carbons (Fsp3) is 0.286. The molecule has 0 spiro atoms. The Balaban J connectivity index is 2.51. The Morgan fingerprint density at radius 3 is 2.80 bits per heavy atom. The van der Waals surface area contributed by atoms with Crippen LogP contribution in [-0.4, -0.2) is 20.9 Å². The predicted octanol–water partition coefficient (Wildman–Crippen LogP) is 4.36. The number of hydrogen-bond donors (Lipinski definition) is 1. The van der Waals surface area contributed by atoms with Gasteiger partial charge in [0.1, 0.15) is 11.3 Å². The molecule has 0 saturated heterocycles. The summed E-state index contributed by atoms with van der Waals surface area (Å²) in [4.78, 5) is 11.3. The average molecular weight is 313 g/mol. The lowest BCUT2D eigenvalue weighted by atomic mass is 10.1. The van der Waals surface area contributed by atoms with Crippen molar-refractivity contribution in [3.8, 4) is 11.3 Å². The van der Waals surface area contributed by atoms with Crippen LogP contribution in [0.2, 0.25) is 10.0 Å². The highest BCUT2D eigenvalue weighted by molar-refractivity contribution is 6.35. The Kier molecular flexibility index (Phi) is 4.68. The fourth-order valence-corrected chi connectivity index (χ4v) is 2.27. The van der Waals surface area contributed by atoms with Gasteiger partial charge in [-0.25, -0.2) is 4.79 Å². The van der Waals surface area contributed by atoms with Gasteiger partial charge in [-0.15, -0.1) is 0 Å². The van der Waals surface area contributed by atoms with Gasteiger partial charge >= 0.3 is 5.97 Å². The first-order chi connectivity index (χ1) is 9.52. The summed E-state index contributed by atoms with van der Waals surface area (Å²) < 4.78 is 1.64. The van der Waals surface area contributed by atoms with Gasteiger partial charge in [-0.1, -0.05) is 36.5 Å². The molecule has 0 radical (unpaired) electrons. The topological polar surface area (TPSA) is 55.1 Å². The summed E-state index contributed by atoms with van der Waals surface area (Å²) in [5.74, 6) is -1.03. The third kappa shape index (κ3) is 3.14. The second kappa shape index (κ2) is 6.29. The van der Waals surface area contributed by atoms with Gasteiger partial charge < -0.3 is 5.11 Å². The number of aromatic nitrogens is 2. The molecule has 0 aliphatic carbocycles. The van der Waals surface area contributed by atoms with E-state index in [0.717, 1.165) is 12.8 Å². The lowest BCUT2D eigenvalue weighted by Gasteiger charge is -2.03. The number of aryl methyl sites for hydroxylation is 1. The maximum Gasteiger partial charge on any atom is 0.339 e. The first-order valence-electron chi connectivity index (χ1n) is 6.29. The number of carboxylic acid groups (broad SMARTS) is 1. The van der Waals surface area contributed by atoms with Crippen molar-refractivity contribution in [2.75, 3.05) is 0 Å². The molecule has 2 rings (SSSR count). The van der Waals surface area contributed by atoms with Crippen LogP contribution in [0.15, 0.2) is 24.4 Å². The number of rotatable bonds is 5. The summed E-state index contributed by atoms with van der Waals surface area (Å²) in [7, 11) is 0. The number of carboxylic acids is 1. The molecule has 0 unspecified atom stereocenters. The average Bonchev–Trinajstić information content (AvgIpc) is 2.83. The zero-order valence-corrected chi connectivity index (χ0v) is 12.4. The summed E-state index contributed by atoms with van der Waals surface area (Å²) in [6.45, 7) is 2.74. The van der Waals surface area contributed by atoms with Crippen molar-refractivity contribution in [2.45, 2.75) is 26.3 Å². The van der Waals surface area contributed by atoms with Crippen molar-refractivity contribution in [1.82, 2.24) is 9.78 Å². The molecule has 0 atom stereocenters. The number of unbranched alkanes of at least 4 members (excludes halogenated alkanes) is 1. The van der Waals surface area contributed by atoms with Crippen LogP contribution >= 0.6 is 23.2 Å². The first-order valence-corrected chi connectivity index (χ1v) is 7.04. The van der Waals surface area contributed by atoms with Crippen molar-refractivity contribution >= 4 is 29.2 Å². The molecule has 2 aromatic rings. The van der Waals surface area contributed by atoms with Crippen molar-refractivity contribution in [3.05, 3.63) is 40.0 Å². The van der Waals surface area contributed by atoms with Crippen LogP contribution in [0.25, 0.3) is 11.3 Å². The number of carbonyl (C=O) groups is 1. The SMILES string of the molecule is CCCCn1cc(C(=O)O)c(-c2cc(Cl)ccc2Cl)n1. The van der Waals surface area contributed by atoms with E-state index in [4.69, 9.17) is 23.2 Å². The Hall–Kier alpha value is -1.52. The molecule has 6 heteroatoms. The van der Waals surface area contributed by atoms with Gasteiger partial charge in [0.15, 0.2) is 0 Å². The molecule has 0 amide bonds. The van der Waals surface area contributed by atoms with Crippen LogP contribution in [0.4, 0.5) is 0 Å². The van der Waals surface area contributed by atoms with Gasteiger partial charge in [0.2, 0.25) is 0 Å². The van der Waals surface area contributed by atoms with E-state index < -0.39 is 5.97 Å². The van der Waals surface area contributed by atoms with Gasteiger partial charge in [0.05, 0.1) is 5.02 Å². The fourth-order valence-electron chi connectivity index (χ4n) is 1.89. The maximum absolute atomic E-state index is 11.3. The minimum Gasteiger partial charge on any atom is -0.478 e. The zero-order valence-electron chi connectivity index (χ0n) is 10.9. The van der Waals surface area contributed by atoms with E-state index in [2.05, 4.69) is 12.0 Å². The normalized spacial score (nSPS) is 10.8.